The lowest BCUT2D eigenvalue weighted by Gasteiger charge is -2.47. The first-order valence-electron chi connectivity index (χ1n) is 7.76. The summed E-state index contributed by atoms with van der Waals surface area (Å²) >= 11 is 0. The van der Waals surface area contributed by atoms with E-state index in [0.29, 0.717) is 0 Å². The van der Waals surface area contributed by atoms with Gasteiger partial charge in [0.15, 0.2) is 0 Å². The van der Waals surface area contributed by atoms with Crippen molar-refractivity contribution in [2.24, 2.45) is 0 Å². The minimum atomic E-state index is -2.15. The fourth-order valence-electron chi connectivity index (χ4n) is 3.17. The number of amides is 2. The second-order valence-corrected chi connectivity index (χ2v) is 9.29. The lowest BCUT2D eigenvalue weighted by atomic mass is 10.1. The van der Waals surface area contributed by atoms with Crippen LogP contribution >= 0.6 is 0 Å². The normalized spacial score (nSPS) is 23.2. The van der Waals surface area contributed by atoms with E-state index >= 15 is 0 Å². The number of rotatable bonds is 5. The molecule has 1 unspecified atom stereocenters. The zero-order valence-electron chi connectivity index (χ0n) is 14.8. The monoisotopic (exact) mass is 333 g/mol. The quantitative estimate of drug-likeness (QED) is 0.782. The van der Waals surface area contributed by atoms with Crippen LogP contribution in [0.4, 0.5) is 0 Å². The first kappa shape index (κ1) is 21.2. The van der Waals surface area contributed by atoms with E-state index < -0.39 is 8.56 Å². The van der Waals surface area contributed by atoms with Crippen molar-refractivity contribution >= 4 is 20.4 Å². The van der Waals surface area contributed by atoms with Crippen LogP contribution in [0.3, 0.4) is 0 Å². The van der Waals surface area contributed by atoms with Gasteiger partial charge in [0.05, 0.1) is 0 Å². The summed E-state index contributed by atoms with van der Waals surface area (Å²) in [6, 6.07) is 1.06. The number of hydrogen-bond donors (Lipinski definition) is 1. The molecule has 0 aliphatic carbocycles. The van der Waals surface area contributed by atoms with Gasteiger partial charge >= 0.3 is 8.56 Å². The molecule has 1 rings (SSSR count). The Morgan fingerprint density at radius 1 is 1.09 bits per heavy atom. The number of methoxy groups -OCH3 is 1. The summed E-state index contributed by atoms with van der Waals surface area (Å²) < 4.78 is 17.4. The molecule has 0 saturated carbocycles. The van der Waals surface area contributed by atoms with Crippen LogP contribution < -0.4 is 5.32 Å². The molecule has 22 heavy (non-hydrogen) atoms. The Bertz CT molecular complexity index is 344. The number of ether oxygens (including phenoxy) is 1. The van der Waals surface area contributed by atoms with Crippen LogP contribution in [0.2, 0.25) is 6.04 Å². The Morgan fingerprint density at radius 2 is 1.64 bits per heavy atom. The molecular formula is C15H31NO5Si. The number of carbonyl (C=O) groups excluding carboxylic acids is 2. The van der Waals surface area contributed by atoms with Crippen LogP contribution in [0.25, 0.3) is 0 Å². The molecule has 1 aliphatic heterocycles. The fraction of sp³-hybridized carbons (Fsp3) is 0.867. The summed E-state index contributed by atoms with van der Waals surface area (Å²) in [5.74, 6) is -0.625. The van der Waals surface area contributed by atoms with Gasteiger partial charge < -0.3 is 13.6 Å². The SMILES string of the molecule is CC(=O)NC(C)=O.CCCC1(OC)CCCC[Si]1(OC)OC. The van der Waals surface area contributed by atoms with Crippen LogP contribution in [-0.2, 0) is 23.2 Å². The maximum atomic E-state index is 9.92. The molecule has 0 bridgehead atoms. The fourth-order valence-corrected chi connectivity index (χ4v) is 7.16. The van der Waals surface area contributed by atoms with E-state index in [1.165, 1.54) is 26.7 Å². The molecule has 0 aromatic heterocycles. The average Bonchev–Trinajstić information content (AvgIpc) is 2.47. The summed E-state index contributed by atoms with van der Waals surface area (Å²) in [4.78, 5) is 19.8. The van der Waals surface area contributed by atoms with E-state index in [2.05, 4.69) is 6.92 Å². The molecular weight excluding hydrogens is 302 g/mol. The zero-order chi connectivity index (χ0) is 17.2. The highest BCUT2D eigenvalue weighted by Crippen LogP contribution is 2.42. The highest BCUT2D eigenvalue weighted by Gasteiger charge is 2.58. The molecule has 2 amide bonds. The van der Waals surface area contributed by atoms with E-state index in [4.69, 9.17) is 13.6 Å². The maximum absolute atomic E-state index is 9.92. The Morgan fingerprint density at radius 3 is 1.95 bits per heavy atom. The number of imide groups is 1. The average molecular weight is 334 g/mol. The van der Waals surface area contributed by atoms with Gasteiger partial charge in [-0.3, -0.25) is 14.9 Å². The minimum Gasteiger partial charge on any atom is -0.396 e. The van der Waals surface area contributed by atoms with Crippen molar-refractivity contribution in [3.05, 3.63) is 0 Å². The number of carbonyl (C=O) groups is 2. The van der Waals surface area contributed by atoms with E-state index in [1.54, 1.807) is 21.3 Å². The van der Waals surface area contributed by atoms with Crippen molar-refractivity contribution in [3.8, 4) is 0 Å². The van der Waals surface area contributed by atoms with Gasteiger partial charge in [0.25, 0.3) is 0 Å². The zero-order valence-corrected chi connectivity index (χ0v) is 15.8. The summed E-state index contributed by atoms with van der Waals surface area (Å²) in [7, 11) is 3.22. The molecule has 0 radical (unpaired) electrons. The van der Waals surface area contributed by atoms with Crippen molar-refractivity contribution in [1.29, 1.82) is 0 Å². The van der Waals surface area contributed by atoms with Crippen LogP contribution in [-0.4, -0.2) is 46.9 Å². The van der Waals surface area contributed by atoms with Crippen molar-refractivity contribution in [2.75, 3.05) is 21.3 Å². The minimum absolute atomic E-state index is 0.122. The number of nitrogens with one attached hydrogen (secondary N) is 1. The molecule has 6 nitrogen and oxygen atoms in total. The van der Waals surface area contributed by atoms with Crippen molar-refractivity contribution in [2.45, 2.75) is 64.1 Å². The van der Waals surface area contributed by atoms with E-state index in [9.17, 15) is 9.59 Å². The molecule has 0 aromatic carbocycles. The predicted molar refractivity (Wildman–Crippen MR) is 87.6 cm³/mol. The molecule has 0 aromatic rings. The lowest BCUT2D eigenvalue weighted by molar-refractivity contribution is -0.127. The van der Waals surface area contributed by atoms with Crippen LogP contribution in [0, 0.1) is 0 Å². The second-order valence-electron chi connectivity index (χ2n) is 5.55. The van der Waals surface area contributed by atoms with Crippen LogP contribution in [0.15, 0.2) is 0 Å². The molecule has 1 heterocycles. The third kappa shape index (κ3) is 5.46. The Balaban J connectivity index is 0.000000534. The van der Waals surface area contributed by atoms with Gasteiger partial charge in [-0.1, -0.05) is 26.2 Å². The third-order valence-corrected chi connectivity index (χ3v) is 8.51. The van der Waals surface area contributed by atoms with Gasteiger partial charge in [0, 0.05) is 35.2 Å². The van der Waals surface area contributed by atoms with Gasteiger partial charge in [-0.15, -0.1) is 0 Å². The van der Waals surface area contributed by atoms with Gasteiger partial charge in [0.2, 0.25) is 11.8 Å². The molecule has 0 spiro atoms. The lowest BCUT2D eigenvalue weighted by Crippen LogP contribution is -2.64. The smallest absolute Gasteiger partial charge is 0.370 e. The molecule has 130 valence electrons. The maximum Gasteiger partial charge on any atom is 0.370 e. The summed E-state index contributed by atoms with van der Waals surface area (Å²) in [6.07, 6.45) is 5.70. The molecule has 1 aliphatic rings. The molecule has 1 fully saturated rings. The van der Waals surface area contributed by atoms with Crippen molar-refractivity contribution in [1.82, 2.24) is 5.32 Å². The Kier molecular flexibility index (Phi) is 9.74. The van der Waals surface area contributed by atoms with Crippen molar-refractivity contribution < 1.29 is 23.2 Å². The standard InChI is InChI=1S/C11H24O3Si.C4H7NO2/c1-5-8-11(12-2)9-6-7-10-15(11,13-3)14-4;1-3(6)5-4(2)7/h5-10H2,1-4H3;1-2H3,(H,5,6,7). The molecule has 1 N–H and O–H groups in total. The predicted octanol–water partition coefficient (Wildman–Crippen LogP) is 2.30. The topological polar surface area (TPSA) is 73.9 Å². The molecule has 1 saturated heterocycles. The van der Waals surface area contributed by atoms with E-state index in [0.717, 1.165) is 25.3 Å². The van der Waals surface area contributed by atoms with E-state index in [1.807, 2.05) is 5.32 Å². The summed E-state index contributed by atoms with van der Waals surface area (Å²) in [5, 5.41) is 1.91. The Labute approximate surface area is 135 Å². The van der Waals surface area contributed by atoms with Gasteiger partial charge in [-0.2, -0.15) is 0 Å². The van der Waals surface area contributed by atoms with Gasteiger partial charge in [-0.05, 0) is 18.9 Å². The number of hydrogen-bond acceptors (Lipinski definition) is 5. The Hall–Kier alpha value is -0.763. The van der Waals surface area contributed by atoms with E-state index in [-0.39, 0.29) is 17.0 Å². The van der Waals surface area contributed by atoms with Crippen LogP contribution in [0.5, 0.6) is 0 Å². The third-order valence-electron chi connectivity index (χ3n) is 4.09. The van der Waals surface area contributed by atoms with Gasteiger partial charge in [0.1, 0.15) is 5.22 Å². The van der Waals surface area contributed by atoms with Gasteiger partial charge in [-0.25, -0.2) is 0 Å². The first-order chi connectivity index (χ1) is 10.3. The van der Waals surface area contributed by atoms with Crippen molar-refractivity contribution in [3.63, 3.8) is 0 Å². The highest BCUT2D eigenvalue weighted by atomic mass is 28.4. The second kappa shape index (κ2) is 10.1. The summed E-state index contributed by atoms with van der Waals surface area (Å²) in [6.45, 7) is 4.78. The summed E-state index contributed by atoms with van der Waals surface area (Å²) in [5.41, 5.74) is 0. The highest BCUT2D eigenvalue weighted by molar-refractivity contribution is 6.70. The van der Waals surface area contributed by atoms with Crippen LogP contribution in [0.1, 0.15) is 52.9 Å². The molecule has 1 atom stereocenters. The first-order valence-corrected chi connectivity index (χ1v) is 9.79. The largest absolute Gasteiger partial charge is 0.396 e. The molecule has 7 heteroatoms.